The molecule has 0 spiro atoms. The van der Waals surface area contributed by atoms with Crippen LogP contribution in [0.1, 0.15) is 16.3 Å². The van der Waals surface area contributed by atoms with E-state index in [9.17, 15) is 4.79 Å². The van der Waals surface area contributed by atoms with Crippen molar-refractivity contribution < 1.29 is 18.7 Å². The Hall–Kier alpha value is -3.23. The molecule has 2 aromatic heterocycles. The summed E-state index contributed by atoms with van der Waals surface area (Å²) in [6.45, 7) is 0.407. The molecule has 7 nitrogen and oxygen atoms in total. The summed E-state index contributed by atoms with van der Waals surface area (Å²) in [5, 5.41) is 7.55. The van der Waals surface area contributed by atoms with E-state index in [0.717, 1.165) is 4.47 Å². The first-order valence-corrected chi connectivity index (χ1v) is 10.4. The molecule has 4 rings (SSSR count). The second-order valence-corrected chi connectivity index (χ2v) is 7.81. The summed E-state index contributed by atoms with van der Waals surface area (Å²) in [6.07, 6.45) is 3.21. The van der Waals surface area contributed by atoms with Gasteiger partial charge in [-0.05, 0) is 60.7 Å². The van der Waals surface area contributed by atoms with Crippen molar-refractivity contribution in [3.8, 4) is 11.5 Å². The van der Waals surface area contributed by atoms with Gasteiger partial charge in [-0.25, -0.2) is 4.68 Å². The predicted octanol–water partition coefficient (Wildman–Crippen LogP) is 5.76. The Morgan fingerprint density at radius 3 is 2.52 bits per heavy atom. The summed E-state index contributed by atoms with van der Waals surface area (Å²) in [7, 11) is 0. The van der Waals surface area contributed by atoms with Crippen molar-refractivity contribution in [2.75, 3.05) is 5.32 Å². The number of nitrogens with zero attached hydrogens (tertiary/aromatic N) is 2. The Bertz CT molecular complexity index is 1160. The second kappa shape index (κ2) is 9.72. The van der Waals surface area contributed by atoms with E-state index in [-0.39, 0.29) is 25.0 Å². The highest BCUT2D eigenvalue weighted by Crippen LogP contribution is 2.19. The molecule has 0 aliphatic rings. The molecule has 4 aromatic rings. The van der Waals surface area contributed by atoms with Crippen molar-refractivity contribution in [2.45, 2.75) is 13.3 Å². The van der Waals surface area contributed by atoms with Crippen LogP contribution in [-0.2, 0) is 13.3 Å². The number of hydrogen-bond donors (Lipinski definition) is 1. The first-order chi connectivity index (χ1) is 15.0. The summed E-state index contributed by atoms with van der Waals surface area (Å²) >= 11 is 9.23. The van der Waals surface area contributed by atoms with E-state index in [1.54, 1.807) is 47.3 Å². The van der Waals surface area contributed by atoms with E-state index in [1.807, 2.05) is 24.3 Å². The molecular weight excluding hydrogens is 486 g/mol. The average Bonchev–Trinajstić information content (AvgIpc) is 3.43. The number of nitrogens with one attached hydrogen (secondary N) is 1. The molecule has 2 heterocycles. The van der Waals surface area contributed by atoms with Crippen LogP contribution in [0.15, 0.2) is 81.9 Å². The molecule has 1 N–H and O–H groups in total. The zero-order chi connectivity index (χ0) is 21.6. The van der Waals surface area contributed by atoms with Crippen molar-refractivity contribution in [3.05, 3.63) is 94.1 Å². The van der Waals surface area contributed by atoms with Crippen molar-refractivity contribution >= 4 is 39.1 Å². The van der Waals surface area contributed by atoms with E-state index in [1.165, 1.54) is 6.20 Å². The van der Waals surface area contributed by atoms with Crippen LogP contribution in [0.2, 0.25) is 5.02 Å². The summed E-state index contributed by atoms with van der Waals surface area (Å²) in [6, 6.07) is 17.8. The van der Waals surface area contributed by atoms with Gasteiger partial charge in [0, 0.05) is 9.50 Å². The Balaban J connectivity index is 1.28. The third-order valence-corrected chi connectivity index (χ3v) is 4.93. The van der Waals surface area contributed by atoms with E-state index >= 15 is 0 Å². The van der Waals surface area contributed by atoms with Gasteiger partial charge in [0.2, 0.25) is 0 Å². The van der Waals surface area contributed by atoms with Gasteiger partial charge < -0.3 is 19.2 Å². The van der Waals surface area contributed by atoms with Gasteiger partial charge in [-0.3, -0.25) is 4.79 Å². The van der Waals surface area contributed by atoms with Crippen molar-refractivity contribution in [2.24, 2.45) is 0 Å². The van der Waals surface area contributed by atoms with Gasteiger partial charge in [0.1, 0.15) is 23.9 Å². The molecule has 0 fully saturated rings. The largest absolute Gasteiger partial charge is 0.486 e. The molecule has 0 atom stereocenters. The van der Waals surface area contributed by atoms with Gasteiger partial charge in [0.05, 0.1) is 18.1 Å². The smallest absolute Gasteiger partial charge is 0.291 e. The topological polar surface area (TPSA) is 78.5 Å². The lowest BCUT2D eigenvalue weighted by Gasteiger charge is -2.06. The Morgan fingerprint density at radius 1 is 1.03 bits per heavy atom. The molecule has 0 unspecified atom stereocenters. The molecule has 2 aromatic carbocycles. The SMILES string of the molecule is O=C(Nc1cnn(COc2ccc(Br)cc2)c1)c1ccc(COc2ccc(Cl)cc2)o1. The molecule has 9 heteroatoms. The zero-order valence-electron chi connectivity index (χ0n) is 16.1. The molecule has 31 heavy (non-hydrogen) atoms. The number of benzene rings is 2. The Morgan fingerprint density at radius 2 is 1.74 bits per heavy atom. The number of furan rings is 1. The average molecular weight is 503 g/mol. The standard InChI is InChI=1S/C22H17BrClN3O4/c23-15-1-5-19(6-2-15)30-14-27-12-17(11-25-27)26-22(28)21-10-9-20(31-21)13-29-18-7-3-16(24)4-8-18/h1-12H,13-14H2,(H,26,28). The van der Waals surface area contributed by atoms with Gasteiger partial charge in [-0.2, -0.15) is 5.10 Å². The molecule has 0 saturated heterocycles. The number of ether oxygens (including phenoxy) is 2. The van der Waals surface area contributed by atoms with Crippen LogP contribution in [0.3, 0.4) is 0 Å². The normalized spacial score (nSPS) is 10.6. The van der Waals surface area contributed by atoms with Crippen LogP contribution < -0.4 is 14.8 Å². The number of aromatic nitrogens is 2. The maximum Gasteiger partial charge on any atom is 0.291 e. The highest BCUT2D eigenvalue weighted by atomic mass is 79.9. The minimum Gasteiger partial charge on any atom is -0.486 e. The number of carbonyl (C=O) groups is 1. The minimum absolute atomic E-state index is 0.175. The van der Waals surface area contributed by atoms with E-state index in [4.69, 9.17) is 25.5 Å². The Kier molecular flexibility index (Phi) is 6.59. The first kappa shape index (κ1) is 21.0. The van der Waals surface area contributed by atoms with Crippen LogP contribution in [0.25, 0.3) is 0 Å². The molecule has 1 amide bonds. The monoisotopic (exact) mass is 501 g/mol. The van der Waals surface area contributed by atoms with Gasteiger partial charge in [0.25, 0.3) is 5.91 Å². The third kappa shape index (κ3) is 5.90. The summed E-state index contributed by atoms with van der Waals surface area (Å²) in [4.78, 5) is 12.4. The van der Waals surface area contributed by atoms with Crippen molar-refractivity contribution in [1.82, 2.24) is 9.78 Å². The predicted molar refractivity (Wildman–Crippen MR) is 119 cm³/mol. The van der Waals surface area contributed by atoms with Crippen molar-refractivity contribution in [3.63, 3.8) is 0 Å². The van der Waals surface area contributed by atoms with Crippen molar-refractivity contribution in [1.29, 1.82) is 0 Å². The molecule has 158 valence electrons. The van der Waals surface area contributed by atoms with Crippen LogP contribution in [-0.4, -0.2) is 15.7 Å². The fraction of sp³-hybridized carbons (Fsp3) is 0.0909. The molecule has 0 aliphatic heterocycles. The van der Waals surface area contributed by atoms with Crippen LogP contribution in [0.5, 0.6) is 11.5 Å². The third-order valence-electron chi connectivity index (χ3n) is 4.15. The fourth-order valence-corrected chi connectivity index (χ4v) is 3.02. The lowest BCUT2D eigenvalue weighted by molar-refractivity contribution is 0.0992. The number of hydrogen-bond acceptors (Lipinski definition) is 5. The van der Waals surface area contributed by atoms with Crippen LogP contribution >= 0.6 is 27.5 Å². The van der Waals surface area contributed by atoms with E-state index < -0.39 is 0 Å². The van der Waals surface area contributed by atoms with Gasteiger partial charge in [0.15, 0.2) is 12.5 Å². The maximum absolute atomic E-state index is 12.4. The molecule has 0 aliphatic carbocycles. The second-order valence-electron chi connectivity index (χ2n) is 6.46. The highest BCUT2D eigenvalue weighted by molar-refractivity contribution is 9.10. The van der Waals surface area contributed by atoms with Gasteiger partial charge in [-0.15, -0.1) is 0 Å². The molecular formula is C22H17BrClN3O4. The maximum atomic E-state index is 12.4. The Labute approximate surface area is 191 Å². The number of carbonyl (C=O) groups excluding carboxylic acids is 1. The fourth-order valence-electron chi connectivity index (χ4n) is 2.63. The van der Waals surface area contributed by atoms with Crippen LogP contribution in [0.4, 0.5) is 5.69 Å². The number of halogens is 2. The minimum atomic E-state index is -0.383. The number of amides is 1. The lowest BCUT2D eigenvalue weighted by Crippen LogP contribution is -2.10. The van der Waals surface area contributed by atoms with E-state index in [2.05, 4.69) is 26.3 Å². The quantitative estimate of drug-likeness (QED) is 0.331. The molecule has 0 bridgehead atoms. The lowest BCUT2D eigenvalue weighted by atomic mass is 10.3. The van der Waals surface area contributed by atoms with Crippen LogP contribution in [0, 0.1) is 0 Å². The van der Waals surface area contributed by atoms with Gasteiger partial charge >= 0.3 is 0 Å². The van der Waals surface area contributed by atoms with Gasteiger partial charge in [-0.1, -0.05) is 27.5 Å². The summed E-state index contributed by atoms with van der Waals surface area (Å²) in [5.74, 6) is 1.69. The number of anilines is 1. The zero-order valence-corrected chi connectivity index (χ0v) is 18.5. The number of rotatable bonds is 8. The summed E-state index contributed by atoms with van der Waals surface area (Å²) < 4.78 is 19.4. The van der Waals surface area contributed by atoms with E-state index in [0.29, 0.717) is 28.0 Å². The molecule has 0 radical (unpaired) electrons. The summed E-state index contributed by atoms with van der Waals surface area (Å²) in [5.41, 5.74) is 0.528. The first-order valence-electron chi connectivity index (χ1n) is 9.24. The highest BCUT2D eigenvalue weighted by Gasteiger charge is 2.13. The molecule has 0 saturated carbocycles.